The van der Waals surface area contributed by atoms with Gasteiger partial charge in [-0.2, -0.15) is 0 Å². The van der Waals surface area contributed by atoms with Crippen molar-refractivity contribution in [2.45, 2.75) is 0 Å². The highest BCUT2D eigenvalue weighted by atomic mass is 19.1. The van der Waals surface area contributed by atoms with Gasteiger partial charge in [-0.15, -0.1) is 0 Å². The summed E-state index contributed by atoms with van der Waals surface area (Å²) in [5, 5.41) is 11.5. The number of carbonyl (C=O) groups is 1. The molecule has 4 aromatic rings. The van der Waals surface area contributed by atoms with Crippen molar-refractivity contribution in [3.63, 3.8) is 0 Å². The first kappa shape index (κ1) is 15.5. The highest BCUT2D eigenvalue weighted by Gasteiger charge is 2.32. The van der Waals surface area contributed by atoms with E-state index in [-0.39, 0.29) is 23.1 Å². The van der Waals surface area contributed by atoms with Gasteiger partial charge < -0.3 is 9.67 Å². The zero-order valence-corrected chi connectivity index (χ0v) is 14.1. The molecule has 3 aromatic carbocycles. The van der Waals surface area contributed by atoms with Gasteiger partial charge in [-0.05, 0) is 48.5 Å². The Labute approximate surface area is 153 Å². The Morgan fingerprint density at radius 2 is 1.59 bits per heavy atom. The van der Waals surface area contributed by atoms with Crippen LogP contribution in [0.3, 0.4) is 0 Å². The van der Waals surface area contributed by atoms with Gasteiger partial charge in [0.25, 0.3) is 0 Å². The van der Waals surface area contributed by atoms with Gasteiger partial charge in [0.05, 0.1) is 11.2 Å². The van der Waals surface area contributed by atoms with Crippen molar-refractivity contribution >= 4 is 28.1 Å². The lowest BCUT2D eigenvalue weighted by atomic mass is 10.1. The molecule has 4 nitrogen and oxygen atoms in total. The molecule has 0 bridgehead atoms. The number of halogens is 1. The topological polar surface area (TPSA) is 54.6 Å². The second kappa shape index (κ2) is 5.64. The van der Waals surface area contributed by atoms with Crippen LogP contribution in [0.4, 0.5) is 10.1 Å². The molecule has 0 aliphatic carbocycles. The van der Waals surface area contributed by atoms with Gasteiger partial charge in [-0.1, -0.05) is 24.3 Å². The zero-order valence-electron chi connectivity index (χ0n) is 14.1. The number of fused-ring (bicyclic) bond motifs is 2. The average molecular weight is 356 g/mol. The fourth-order valence-electron chi connectivity index (χ4n) is 3.52. The molecule has 0 unspecified atom stereocenters. The number of hydrogen-bond acceptors (Lipinski definition) is 3. The summed E-state index contributed by atoms with van der Waals surface area (Å²) < 4.78 is 15.2. The van der Waals surface area contributed by atoms with Crippen molar-refractivity contribution in [2.75, 3.05) is 0 Å². The Kier molecular flexibility index (Phi) is 3.24. The summed E-state index contributed by atoms with van der Waals surface area (Å²) in [6.07, 6.45) is 0. The van der Waals surface area contributed by atoms with Gasteiger partial charge in [-0.3, -0.25) is 4.79 Å². The third kappa shape index (κ3) is 2.22. The summed E-state index contributed by atoms with van der Waals surface area (Å²) in [4.78, 5) is 17.4. The fourth-order valence-corrected chi connectivity index (χ4v) is 3.52. The minimum Gasteiger partial charge on any atom is -0.505 e. The molecule has 1 N–H and O–H groups in total. The maximum atomic E-state index is 13.4. The largest absolute Gasteiger partial charge is 0.505 e. The lowest BCUT2D eigenvalue weighted by Crippen LogP contribution is -2.15. The number of Topliss-reactive ketones (excluding diaryl/α,β-unsaturated/α-hetero) is 1. The van der Waals surface area contributed by atoms with E-state index in [4.69, 9.17) is 0 Å². The van der Waals surface area contributed by atoms with Crippen molar-refractivity contribution in [3.05, 3.63) is 89.9 Å². The van der Waals surface area contributed by atoms with Gasteiger partial charge in [0, 0.05) is 16.6 Å². The molecule has 2 heterocycles. The maximum Gasteiger partial charge on any atom is 0.215 e. The second-order valence-electron chi connectivity index (χ2n) is 6.33. The van der Waals surface area contributed by atoms with Crippen molar-refractivity contribution in [1.82, 2.24) is 4.57 Å². The molecule has 5 heteroatoms. The minimum atomic E-state index is -0.359. The molecule has 5 rings (SSSR count). The van der Waals surface area contributed by atoms with E-state index in [1.165, 1.54) is 12.1 Å². The quantitative estimate of drug-likeness (QED) is 0.561. The minimum absolute atomic E-state index is 0.0187. The highest BCUT2D eigenvalue weighted by molar-refractivity contribution is 6.55. The number of nitrogens with zero attached hydrogens (tertiary/aromatic N) is 2. The van der Waals surface area contributed by atoms with E-state index in [1.54, 1.807) is 41.0 Å². The lowest BCUT2D eigenvalue weighted by Gasteiger charge is -2.10. The first-order valence-electron chi connectivity index (χ1n) is 8.46. The lowest BCUT2D eigenvalue weighted by molar-refractivity contribution is 0.106. The first-order chi connectivity index (χ1) is 13.1. The maximum absolute atomic E-state index is 13.4. The van der Waals surface area contributed by atoms with Gasteiger partial charge in [0.15, 0.2) is 5.75 Å². The van der Waals surface area contributed by atoms with Crippen LogP contribution in [-0.4, -0.2) is 21.2 Å². The Morgan fingerprint density at radius 1 is 0.889 bits per heavy atom. The number of hydrogen-bond donors (Lipinski definition) is 1. The van der Waals surface area contributed by atoms with Crippen LogP contribution >= 0.6 is 0 Å². The second-order valence-corrected chi connectivity index (χ2v) is 6.33. The van der Waals surface area contributed by atoms with Crippen LogP contribution in [0.2, 0.25) is 0 Å². The number of rotatable bonds is 2. The van der Waals surface area contributed by atoms with Crippen LogP contribution in [0, 0.1) is 5.82 Å². The zero-order chi connectivity index (χ0) is 18.5. The molecule has 0 radical (unpaired) electrons. The third-order valence-electron chi connectivity index (χ3n) is 4.75. The number of benzene rings is 3. The number of aliphatic imine (C=N–C) groups is 1. The summed E-state index contributed by atoms with van der Waals surface area (Å²) in [7, 11) is 0. The molecule has 0 saturated heterocycles. The van der Waals surface area contributed by atoms with Crippen LogP contribution in [0.15, 0.2) is 77.8 Å². The SMILES string of the molecule is O=C1C(c2c(O)c3ccccc3n2-c2ccc(F)cc2)=Nc2ccccc21. The molecule has 0 spiro atoms. The van der Waals surface area contributed by atoms with E-state index in [1.807, 2.05) is 24.3 Å². The van der Waals surface area contributed by atoms with Crippen molar-refractivity contribution in [1.29, 1.82) is 0 Å². The molecule has 0 fully saturated rings. The van der Waals surface area contributed by atoms with Crippen molar-refractivity contribution in [3.8, 4) is 11.4 Å². The number of para-hydroxylation sites is 2. The van der Waals surface area contributed by atoms with E-state index >= 15 is 0 Å². The van der Waals surface area contributed by atoms with Crippen LogP contribution in [-0.2, 0) is 0 Å². The molecule has 0 saturated carbocycles. The summed E-state index contributed by atoms with van der Waals surface area (Å²) in [5.74, 6) is -0.621. The molecule has 1 aliphatic heterocycles. The smallest absolute Gasteiger partial charge is 0.215 e. The van der Waals surface area contributed by atoms with Crippen LogP contribution in [0.5, 0.6) is 5.75 Å². The highest BCUT2D eigenvalue weighted by Crippen LogP contribution is 2.38. The van der Waals surface area contributed by atoms with E-state index in [9.17, 15) is 14.3 Å². The predicted octanol–water partition coefficient (Wildman–Crippen LogP) is 4.79. The normalized spacial score (nSPS) is 13.1. The van der Waals surface area contributed by atoms with Crippen molar-refractivity contribution < 1.29 is 14.3 Å². The number of ketones is 1. The van der Waals surface area contributed by atoms with E-state index in [2.05, 4.69) is 4.99 Å². The summed E-state index contributed by atoms with van der Waals surface area (Å²) in [6.45, 7) is 0. The summed E-state index contributed by atoms with van der Waals surface area (Å²) in [5.41, 5.74) is 2.91. The third-order valence-corrected chi connectivity index (χ3v) is 4.75. The first-order valence-corrected chi connectivity index (χ1v) is 8.46. The van der Waals surface area contributed by atoms with Crippen LogP contribution < -0.4 is 0 Å². The molecule has 1 aliphatic rings. The number of aromatic nitrogens is 1. The van der Waals surface area contributed by atoms with E-state index < -0.39 is 0 Å². The summed E-state index contributed by atoms with van der Waals surface area (Å²) >= 11 is 0. The standard InChI is InChI=1S/C22H13FN2O2/c23-13-9-11-14(12-10-13)25-18-8-4-2-6-16(18)22(27)20(25)19-21(26)15-5-1-3-7-17(15)24-19/h1-12,27H. The molecular formula is C22H13FN2O2. The van der Waals surface area contributed by atoms with Gasteiger partial charge in [0.2, 0.25) is 5.78 Å². The van der Waals surface area contributed by atoms with Crippen LogP contribution in [0.1, 0.15) is 16.1 Å². The van der Waals surface area contributed by atoms with E-state index in [0.29, 0.717) is 33.5 Å². The molecule has 0 atom stereocenters. The van der Waals surface area contributed by atoms with E-state index in [0.717, 1.165) is 0 Å². The predicted molar refractivity (Wildman–Crippen MR) is 102 cm³/mol. The molecule has 1 aromatic heterocycles. The van der Waals surface area contributed by atoms with Gasteiger partial charge >= 0.3 is 0 Å². The molecule has 130 valence electrons. The number of aromatic hydroxyl groups is 1. The average Bonchev–Trinajstić information content (AvgIpc) is 3.18. The number of carbonyl (C=O) groups excluding carboxylic acids is 1. The summed E-state index contributed by atoms with van der Waals surface area (Å²) in [6, 6.07) is 20.3. The monoisotopic (exact) mass is 356 g/mol. The Bertz CT molecular complexity index is 1250. The molecular weight excluding hydrogens is 343 g/mol. The van der Waals surface area contributed by atoms with Crippen LogP contribution in [0.25, 0.3) is 16.6 Å². The Morgan fingerprint density at radius 3 is 2.37 bits per heavy atom. The Balaban J connectivity index is 1.83. The fraction of sp³-hybridized carbons (Fsp3) is 0. The van der Waals surface area contributed by atoms with Gasteiger partial charge in [0.1, 0.15) is 17.2 Å². The van der Waals surface area contributed by atoms with Crippen molar-refractivity contribution in [2.24, 2.45) is 4.99 Å². The van der Waals surface area contributed by atoms with Gasteiger partial charge in [-0.25, -0.2) is 9.38 Å². The Hall–Kier alpha value is -3.73. The molecule has 0 amide bonds. The molecule has 27 heavy (non-hydrogen) atoms.